The molecule has 0 aromatic heterocycles. The van der Waals surface area contributed by atoms with Gasteiger partial charge in [-0.3, -0.25) is 4.84 Å². The third-order valence-corrected chi connectivity index (χ3v) is 1.44. The number of hydrogen-bond donors (Lipinski definition) is 2. The Balaban J connectivity index is 0.000000810. The van der Waals surface area contributed by atoms with Gasteiger partial charge in [-0.25, -0.2) is 10.7 Å². The van der Waals surface area contributed by atoms with Gasteiger partial charge < -0.3 is 5.11 Å². The summed E-state index contributed by atoms with van der Waals surface area (Å²) in [6, 6.07) is 0. The third-order valence-electron chi connectivity index (χ3n) is 1.44. The molecule has 1 fully saturated rings. The van der Waals surface area contributed by atoms with Crippen molar-refractivity contribution in [1.82, 2.24) is 0 Å². The highest BCUT2D eigenvalue weighted by Gasteiger charge is 2.36. The number of carboxylic acid groups (broad SMARTS) is 1. The van der Waals surface area contributed by atoms with Crippen molar-refractivity contribution in [2.75, 3.05) is 0 Å². The van der Waals surface area contributed by atoms with Crippen LogP contribution in [0.2, 0.25) is 0 Å². The molecule has 3 N–H and O–H groups in total. The largest absolute Gasteiger partial charge is 0.479 e. The molecule has 5 heteroatoms. The van der Waals surface area contributed by atoms with E-state index < -0.39 is 12.1 Å². The molecule has 0 aromatic carbocycles. The molecule has 4 nitrogen and oxygen atoms in total. The molecule has 0 radical (unpaired) electrons. The van der Waals surface area contributed by atoms with E-state index in [0.717, 1.165) is 12.8 Å². The summed E-state index contributed by atoms with van der Waals surface area (Å²) in [7, 11) is 0. The van der Waals surface area contributed by atoms with Crippen LogP contribution in [-0.4, -0.2) is 17.2 Å². The van der Waals surface area contributed by atoms with Gasteiger partial charge in [0.15, 0.2) is 6.10 Å². The molecule has 60 valence electrons. The van der Waals surface area contributed by atoms with Crippen molar-refractivity contribution in [3.8, 4) is 0 Å². The maximum atomic E-state index is 10.2. The van der Waals surface area contributed by atoms with Crippen LogP contribution in [0.4, 0.5) is 0 Å². The van der Waals surface area contributed by atoms with Gasteiger partial charge in [0.1, 0.15) is 0 Å². The normalized spacial score (nSPS) is 19.3. The predicted octanol–water partition coefficient (Wildman–Crippen LogP) is 0.162. The number of hydrogen-bond acceptors (Lipinski definition) is 3. The summed E-state index contributed by atoms with van der Waals surface area (Å²) in [4.78, 5) is 14.4. The molecular formula is C5H10ClNO3. The number of halogens is 1. The van der Waals surface area contributed by atoms with Gasteiger partial charge in [0, 0.05) is 0 Å². The molecule has 0 heterocycles. The maximum Gasteiger partial charge on any atom is 0.335 e. The minimum absolute atomic E-state index is 0. The average molecular weight is 168 g/mol. The third kappa shape index (κ3) is 2.13. The van der Waals surface area contributed by atoms with Crippen LogP contribution in [-0.2, 0) is 9.63 Å². The smallest absolute Gasteiger partial charge is 0.335 e. The first-order chi connectivity index (χ1) is 4.25. The predicted molar refractivity (Wildman–Crippen MR) is 36.7 cm³/mol. The molecule has 1 rings (SSSR count). The molecule has 1 aliphatic rings. The minimum atomic E-state index is -0.958. The van der Waals surface area contributed by atoms with Crippen LogP contribution in [0.1, 0.15) is 12.8 Å². The van der Waals surface area contributed by atoms with Crippen molar-refractivity contribution in [2.45, 2.75) is 18.9 Å². The molecule has 10 heavy (non-hydrogen) atoms. The first kappa shape index (κ1) is 9.68. The van der Waals surface area contributed by atoms with E-state index in [1.54, 1.807) is 0 Å². The summed E-state index contributed by atoms with van der Waals surface area (Å²) >= 11 is 0. The van der Waals surface area contributed by atoms with Crippen molar-refractivity contribution >= 4 is 18.4 Å². The standard InChI is InChI=1S/C5H9NO3.ClH/c6-9-4(5(7)8)3-1-2-3;/h3-4H,1-2,6H2,(H,7,8);1H. The van der Waals surface area contributed by atoms with Crippen LogP contribution < -0.4 is 5.90 Å². The second-order valence-electron chi connectivity index (χ2n) is 2.23. The van der Waals surface area contributed by atoms with Gasteiger partial charge >= 0.3 is 5.97 Å². The highest BCUT2D eigenvalue weighted by atomic mass is 35.5. The summed E-state index contributed by atoms with van der Waals surface area (Å²) < 4.78 is 0. The lowest BCUT2D eigenvalue weighted by molar-refractivity contribution is -0.152. The molecule has 0 amide bonds. The van der Waals surface area contributed by atoms with E-state index in [2.05, 4.69) is 4.84 Å². The minimum Gasteiger partial charge on any atom is -0.479 e. The molecule has 1 atom stereocenters. The SMILES string of the molecule is Cl.NOC(C(=O)O)C1CC1. The Bertz CT molecular complexity index is 126. The first-order valence-corrected chi connectivity index (χ1v) is 2.84. The molecule has 1 unspecified atom stereocenters. The monoisotopic (exact) mass is 167 g/mol. The lowest BCUT2D eigenvalue weighted by Crippen LogP contribution is -2.28. The summed E-state index contributed by atoms with van der Waals surface area (Å²) in [5, 5.41) is 8.38. The Morgan fingerprint density at radius 2 is 2.20 bits per heavy atom. The number of aliphatic carboxylic acids is 1. The van der Waals surface area contributed by atoms with E-state index >= 15 is 0 Å². The van der Waals surface area contributed by atoms with Gasteiger partial charge in [-0.1, -0.05) is 0 Å². The van der Waals surface area contributed by atoms with E-state index in [-0.39, 0.29) is 18.3 Å². The molecular weight excluding hydrogens is 158 g/mol. The van der Waals surface area contributed by atoms with Crippen molar-refractivity contribution < 1.29 is 14.7 Å². The van der Waals surface area contributed by atoms with Crippen LogP contribution in [0.3, 0.4) is 0 Å². The van der Waals surface area contributed by atoms with Crippen LogP contribution in [0.15, 0.2) is 0 Å². The van der Waals surface area contributed by atoms with E-state index in [0.29, 0.717) is 0 Å². The summed E-state index contributed by atoms with van der Waals surface area (Å²) in [6.45, 7) is 0. The number of carbonyl (C=O) groups is 1. The average Bonchev–Trinajstić information content (AvgIpc) is 2.50. The number of rotatable bonds is 3. The fourth-order valence-corrected chi connectivity index (χ4v) is 0.770. The van der Waals surface area contributed by atoms with Gasteiger partial charge in [0.05, 0.1) is 0 Å². The molecule has 0 bridgehead atoms. The van der Waals surface area contributed by atoms with Crippen molar-refractivity contribution in [3.63, 3.8) is 0 Å². The van der Waals surface area contributed by atoms with Crippen molar-refractivity contribution in [3.05, 3.63) is 0 Å². The Hall–Kier alpha value is -0.320. The second-order valence-corrected chi connectivity index (χ2v) is 2.23. The van der Waals surface area contributed by atoms with Crippen LogP contribution in [0.5, 0.6) is 0 Å². The Morgan fingerprint density at radius 3 is 2.30 bits per heavy atom. The molecule has 0 aromatic rings. The highest BCUT2D eigenvalue weighted by Crippen LogP contribution is 2.33. The Labute approximate surface area is 64.7 Å². The topological polar surface area (TPSA) is 72.5 Å². The lowest BCUT2D eigenvalue weighted by atomic mass is 10.2. The molecule has 0 aliphatic heterocycles. The first-order valence-electron chi connectivity index (χ1n) is 2.84. The zero-order chi connectivity index (χ0) is 6.85. The van der Waals surface area contributed by atoms with E-state index in [9.17, 15) is 4.79 Å². The highest BCUT2D eigenvalue weighted by molar-refractivity contribution is 5.85. The summed E-state index contributed by atoms with van der Waals surface area (Å²) in [6.07, 6.45) is 1.08. The fourth-order valence-electron chi connectivity index (χ4n) is 0.770. The van der Waals surface area contributed by atoms with Gasteiger partial charge in [-0.15, -0.1) is 12.4 Å². The second kappa shape index (κ2) is 3.75. The Kier molecular flexibility index (Phi) is 3.63. The van der Waals surface area contributed by atoms with Crippen LogP contribution >= 0.6 is 12.4 Å². The zero-order valence-electron chi connectivity index (χ0n) is 5.32. The molecule has 0 saturated heterocycles. The lowest BCUT2D eigenvalue weighted by Gasteiger charge is -2.05. The zero-order valence-corrected chi connectivity index (χ0v) is 6.13. The number of nitrogens with two attached hydrogens (primary N) is 1. The van der Waals surface area contributed by atoms with E-state index in [4.69, 9.17) is 11.0 Å². The molecule has 0 spiro atoms. The van der Waals surface area contributed by atoms with Gasteiger partial charge in [-0.05, 0) is 18.8 Å². The van der Waals surface area contributed by atoms with Crippen molar-refractivity contribution in [2.24, 2.45) is 11.8 Å². The summed E-state index contributed by atoms with van der Waals surface area (Å²) in [5.74, 6) is 3.94. The van der Waals surface area contributed by atoms with Crippen molar-refractivity contribution in [1.29, 1.82) is 0 Å². The van der Waals surface area contributed by atoms with Crippen LogP contribution in [0, 0.1) is 5.92 Å². The van der Waals surface area contributed by atoms with Gasteiger partial charge in [0.2, 0.25) is 0 Å². The van der Waals surface area contributed by atoms with Gasteiger partial charge in [-0.2, -0.15) is 0 Å². The molecule has 1 aliphatic carbocycles. The quantitative estimate of drug-likeness (QED) is 0.588. The number of carboxylic acids is 1. The summed E-state index contributed by atoms with van der Waals surface area (Å²) in [5.41, 5.74) is 0. The maximum absolute atomic E-state index is 10.2. The Morgan fingerprint density at radius 1 is 1.70 bits per heavy atom. The van der Waals surface area contributed by atoms with Gasteiger partial charge in [0.25, 0.3) is 0 Å². The van der Waals surface area contributed by atoms with Crippen LogP contribution in [0.25, 0.3) is 0 Å². The van der Waals surface area contributed by atoms with E-state index in [1.807, 2.05) is 0 Å². The molecule has 1 saturated carbocycles. The van der Waals surface area contributed by atoms with E-state index in [1.165, 1.54) is 0 Å². The fraction of sp³-hybridized carbons (Fsp3) is 0.800.